The molecule has 1 N–H and O–H groups in total. The van der Waals surface area contributed by atoms with Gasteiger partial charge >= 0.3 is 0 Å². The lowest BCUT2D eigenvalue weighted by molar-refractivity contribution is -0.130. The molecule has 16 heavy (non-hydrogen) atoms. The van der Waals surface area contributed by atoms with Crippen molar-refractivity contribution in [3.8, 4) is 0 Å². The fourth-order valence-electron chi connectivity index (χ4n) is 2.05. The van der Waals surface area contributed by atoms with Gasteiger partial charge in [-0.1, -0.05) is 0 Å². The van der Waals surface area contributed by atoms with E-state index in [1.165, 1.54) is 5.56 Å². The molecule has 0 bridgehead atoms. The molecule has 4 heteroatoms. The normalized spacial score (nSPS) is 20.3. The highest BCUT2D eigenvalue weighted by atomic mass is 32.1. The fourth-order valence-corrected chi connectivity index (χ4v) is 2.76. The molecule has 1 fully saturated rings. The van der Waals surface area contributed by atoms with Crippen molar-refractivity contribution in [1.82, 2.24) is 4.90 Å². The molecule has 3 nitrogen and oxygen atoms in total. The predicted molar refractivity (Wildman–Crippen MR) is 64.4 cm³/mol. The van der Waals surface area contributed by atoms with Crippen molar-refractivity contribution in [2.45, 2.75) is 19.3 Å². The van der Waals surface area contributed by atoms with E-state index >= 15 is 0 Å². The molecule has 1 aliphatic rings. The summed E-state index contributed by atoms with van der Waals surface area (Å²) in [7, 11) is 0. The first-order valence-electron chi connectivity index (χ1n) is 5.69. The Morgan fingerprint density at radius 1 is 1.62 bits per heavy atom. The molecule has 1 aliphatic heterocycles. The van der Waals surface area contributed by atoms with Gasteiger partial charge in [0.1, 0.15) is 0 Å². The molecule has 2 rings (SSSR count). The zero-order valence-corrected chi connectivity index (χ0v) is 10.1. The average Bonchev–Trinajstić information content (AvgIpc) is 2.96. The predicted octanol–water partition coefficient (Wildman–Crippen LogP) is 1.52. The summed E-state index contributed by atoms with van der Waals surface area (Å²) in [6.07, 6.45) is 2.37. The van der Waals surface area contributed by atoms with Crippen LogP contribution >= 0.6 is 11.3 Å². The average molecular weight is 239 g/mol. The van der Waals surface area contributed by atoms with Crippen LogP contribution in [0.5, 0.6) is 0 Å². The summed E-state index contributed by atoms with van der Waals surface area (Å²) in [6, 6.07) is 2.07. The van der Waals surface area contributed by atoms with Crippen LogP contribution in [0, 0.1) is 5.92 Å². The fraction of sp³-hybridized carbons (Fsp3) is 0.583. The summed E-state index contributed by atoms with van der Waals surface area (Å²) < 4.78 is 0. The van der Waals surface area contributed by atoms with E-state index < -0.39 is 0 Å². The van der Waals surface area contributed by atoms with Gasteiger partial charge in [0.15, 0.2) is 0 Å². The number of aliphatic hydroxyl groups excluding tert-OH is 1. The molecule has 1 amide bonds. The van der Waals surface area contributed by atoms with E-state index in [1.54, 1.807) is 11.3 Å². The summed E-state index contributed by atoms with van der Waals surface area (Å²) in [4.78, 5) is 13.7. The zero-order valence-electron chi connectivity index (χ0n) is 9.26. The smallest absolute Gasteiger partial charge is 0.222 e. The van der Waals surface area contributed by atoms with E-state index in [0.29, 0.717) is 12.3 Å². The Labute approximate surface area is 99.7 Å². The van der Waals surface area contributed by atoms with Crippen LogP contribution in [0.2, 0.25) is 0 Å². The Morgan fingerprint density at radius 3 is 3.12 bits per heavy atom. The SMILES string of the molecule is O=C(CCc1ccsc1)N1CC[C@@H](CO)C1. The molecule has 2 heterocycles. The molecule has 1 aromatic heterocycles. The van der Waals surface area contributed by atoms with E-state index in [0.717, 1.165) is 25.9 Å². The van der Waals surface area contributed by atoms with Gasteiger partial charge in [-0.25, -0.2) is 0 Å². The maximum absolute atomic E-state index is 11.8. The van der Waals surface area contributed by atoms with Crippen LogP contribution in [0.4, 0.5) is 0 Å². The molecular formula is C12H17NO2S. The van der Waals surface area contributed by atoms with Crippen molar-refractivity contribution < 1.29 is 9.90 Å². The lowest BCUT2D eigenvalue weighted by Crippen LogP contribution is -2.29. The van der Waals surface area contributed by atoms with Crippen LogP contribution in [0.15, 0.2) is 16.8 Å². The molecule has 0 aliphatic carbocycles. The Balaban J connectivity index is 1.76. The van der Waals surface area contributed by atoms with E-state index in [-0.39, 0.29) is 12.5 Å². The van der Waals surface area contributed by atoms with E-state index in [2.05, 4.69) is 11.4 Å². The van der Waals surface area contributed by atoms with Crippen LogP contribution in [0.3, 0.4) is 0 Å². The van der Waals surface area contributed by atoms with Crippen molar-refractivity contribution in [3.05, 3.63) is 22.4 Å². The minimum absolute atomic E-state index is 0.203. The van der Waals surface area contributed by atoms with Crippen molar-refractivity contribution >= 4 is 17.2 Å². The van der Waals surface area contributed by atoms with Crippen LogP contribution in [-0.4, -0.2) is 35.6 Å². The number of rotatable bonds is 4. The summed E-state index contributed by atoms with van der Waals surface area (Å²) in [5, 5.41) is 13.1. The third-order valence-corrected chi connectivity index (χ3v) is 3.84. The van der Waals surface area contributed by atoms with Crippen LogP contribution in [0.25, 0.3) is 0 Å². The van der Waals surface area contributed by atoms with E-state index in [1.807, 2.05) is 10.3 Å². The molecule has 88 valence electrons. The van der Waals surface area contributed by atoms with Gasteiger partial charge in [0, 0.05) is 32.0 Å². The van der Waals surface area contributed by atoms with Gasteiger partial charge in [0.25, 0.3) is 0 Å². The number of nitrogens with zero attached hydrogens (tertiary/aromatic N) is 1. The summed E-state index contributed by atoms with van der Waals surface area (Å²) >= 11 is 1.67. The number of likely N-dealkylation sites (tertiary alicyclic amines) is 1. The summed E-state index contributed by atoms with van der Waals surface area (Å²) in [6.45, 7) is 1.75. The first kappa shape index (κ1) is 11.6. The highest BCUT2D eigenvalue weighted by molar-refractivity contribution is 7.07. The van der Waals surface area contributed by atoms with Gasteiger partial charge in [0.05, 0.1) is 0 Å². The number of amides is 1. The minimum atomic E-state index is 0.203. The minimum Gasteiger partial charge on any atom is -0.396 e. The molecule has 1 aromatic rings. The highest BCUT2D eigenvalue weighted by Crippen LogP contribution is 2.17. The largest absolute Gasteiger partial charge is 0.396 e. The number of aliphatic hydroxyl groups is 1. The third kappa shape index (κ3) is 2.83. The molecule has 1 atom stereocenters. The lowest BCUT2D eigenvalue weighted by Gasteiger charge is -2.15. The second kappa shape index (κ2) is 5.46. The molecule has 0 unspecified atom stereocenters. The lowest BCUT2D eigenvalue weighted by atomic mass is 10.1. The number of carbonyl (C=O) groups excluding carboxylic acids is 1. The second-order valence-corrected chi connectivity index (χ2v) is 5.09. The van der Waals surface area contributed by atoms with Crippen molar-refractivity contribution in [2.24, 2.45) is 5.92 Å². The molecular weight excluding hydrogens is 222 g/mol. The van der Waals surface area contributed by atoms with Gasteiger partial charge in [-0.2, -0.15) is 11.3 Å². The standard InChI is InChI=1S/C12H17NO2S/c14-8-11-3-5-13(7-11)12(15)2-1-10-4-6-16-9-10/h4,6,9,11,14H,1-3,5,7-8H2/t11-/m1/s1. The maximum Gasteiger partial charge on any atom is 0.222 e. The van der Waals surface area contributed by atoms with Crippen molar-refractivity contribution in [1.29, 1.82) is 0 Å². The quantitative estimate of drug-likeness (QED) is 0.865. The van der Waals surface area contributed by atoms with Crippen LogP contribution in [0.1, 0.15) is 18.4 Å². The molecule has 0 aromatic carbocycles. The number of hydrogen-bond donors (Lipinski definition) is 1. The van der Waals surface area contributed by atoms with Crippen LogP contribution in [-0.2, 0) is 11.2 Å². The van der Waals surface area contributed by atoms with Gasteiger partial charge < -0.3 is 10.0 Å². The van der Waals surface area contributed by atoms with Gasteiger partial charge in [-0.3, -0.25) is 4.79 Å². The number of carbonyl (C=O) groups is 1. The van der Waals surface area contributed by atoms with E-state index in [9.17, 15) is 4.79 Å². The Morgan fingerprint density at radius 2 is 2.50 bits per heavy atom. The van der Waals surface area contributed by atoms with Gasteiger partial charge in [-0.15, -0.1) is 0 Å². The van der Waals surface area contributed by atoms with E-state index in [4.69, 9.17) is 5.11 Å². The van der Waals surface area contributed by atoms with Gasteiger partial charge in [0.2, 0.25) is 5.91 Å². The summed E-state index contributed by atoms with van der Waals surface area (Å²) in [5.74, 6) is 0.521. The van der Waals surface area contributed by atoms with Crippen molar-refractivity contribution in [2.75, 3.05) is 19.7 Å². The third-order valence-electron chi connectivity index (χ3n) is 3.10. The molecule has 0 saturated carbocycles. The zero-order chi connectivity index (χ0) is 11.4. The topological polar surface area (TPSA) is 40.5 Å². The molecule has 0 spiro atoms. The first-order chi connectivity index (χ1) is 7.79. The number of thiophene rings is 1. The Bertz CT molecular complexity index is 337. The molecule has 0 radical (unpaired) electrons. The summed E-state index contributed by atoms with van der Waals surface area (Å²) in [5.41, 5.74) is 1.25. The first-order valence-corrected chi connectivity index (χ1v) is 6.63. The van der Waals surface area contributed by atoms with Gasteiger partial charge in [-0.05, 0) is 35.2 Å². The second-order valence-electron chi connectivity index (χ2n) is 4.31. The monoisotopic (exact) mass is 239 g/mol. The number of hydrogen-bond acceptors (Lipinski definition) is 3. The van der Waals surface area contributed by atoms with Crippen LogP contribution < -0.4 is 0 Å². The maximum atomic E-state index is 11.8. The van der Waals surface area contributed by atoms with Crippen molar-refractivity contribution in [3.63, 3.8) is 0 Å². The highest BCUT2D eigenvalue weighted by Gasteiger charge is 2.24. The number of aryl methyl sites for hydroxylation is 1. The molecule has 1 saturated heterocycles. The Hall–Kier alpha value is -0.870. The Kier molecular flexibility index (Phi) is 3.96.